The molecular formula is C15H21N5O2. The van der Waals surface area contributed by atoms with Crippen molar-refractivity contribution in [1.82, 2.24) is 19.9 Å². The van der Waals surface area contributed by atoms with Gasteiger partial charge in [-0.1, -0.05) is 0 Å². The van der Waals surface area contributed by atoms with Crippen molar-refractivity contribution in [2.45, 2.75) is 18.9 Å². The number of hydrogen-bond donors (Lipinski definition) is 2. The number of pyridine rings is 1. The number of anilines is 1. The molecule has 0 unspecified atom stereocenters. The van der Waals surface area contributed by atoms with E-state index >= 15 is 0 Å². The van der Waals surface area contributed by atoms with Gasteiger partial charge in [-0.3, -0.25) is 9.55 Å². The van der Waals surface area contributed by atoms with Crippen molar-refractivity contribution in [2.24, 2.45) is 0 Å². The lowest BCUT2D eigenvalue weighted by atomic mass is 10.1. The van der Waals surface area contributed by atoms with E-state index in [0.717, 1.165) is 63.4 Å². The number of piperidine rings is 1. The molecule has 2 aliphatic rings. The first-order valence-corrected chi connectivity index (χ1v) is 7.96. The normalized spacial score (nSPS) is 20.6. The smallest absolute Gasteiger partial charge is 0.327 e. The monoisotopic (exact) mass is 303 g/mol. The number of aromatic nitrogens is 3. The lowest BCUT2D eigenvalue weighted by Gasteiger charge is -2.29. The fourth-order valence-electron chi connectivity index (χ4n) is 3.42. The third-order valence-corrected chi connectivity index (χ3v) is 4.61. The summed E-state index contributed by atoms with van der Waals surface area (Å²) in [4.78, 5) is 21.9. The first kappa shape index (κ1) is 13.8. The average molecular weight is 303 g/mol. The standard InChI is InChI=1S/C15H21N5O2/c21-15-18-14-13(20(15)11-1-3-16-4-2-11)9-12(10-17-14)19-5-7-22-8-6-19/h9-11,16H,1-8H2,(H,17,18,21). The van der Waals surface area contributed by atoms with Gasteiger partial charge in [0.2, 0.25) is 0 Å². The molecule has 7 nitrogen and oxygen atoms in total. The molecule has 0 saturated carbocycles. The highest BCUT2D eigenvalue weighted by Crippen LogP contribution is 2.24. The van der Waals surface area contributed by atoms with Gasteiger partial charge >= 0.3 is 5.69 Å². The molecule has 4 heterocycles. The molecule has 4 rings (SSSR count). The first-order valence-electron chi connectivity index (χ1n) is 7.96. The second-order valence-corrected chi connectivity index (χ2v) is 5.94. The van der Waals surface area contributed by atoms with Crippen LogP contribution in [-0.4, -0.2) is 53.9 Å². The van der Waals surface area contributed by atoms with Crippen LogP contribution in [0, 0.1) is 0 Å². The van der Waals surface area contributed by atoms with Crippen LogP contribution < -0.4 is 15.9 Å². The molecule has 0 amide bonds. The highest BCUT2D eigenvalue weighted by atomic mass is 16.5. The van der Waals surface area contributed by atoms with Crippen LogP contribution in [0.15, 0.2) is 17.1 Å². The maximum atomic E-state index is 12.3. The second kappa shape index (κ2) is 5.73. The van der Waals surface area contributed by atoms with Crippen molar-refractivity contribution < 1.29 is 4.74 Å². The quantitative estimate of drug-likeness (QED) is 0.844. The van der Waals surface area contributed by atoms with Gasteiger partial charge in [0, 0.05) is 19.1 Å². The molecule has 2 aromatic heterocycles. The molecule has 0 radical (unpaired) electrons. The van der Waals surface area contributed by atoms with Gasteiger partial charge in [-0.25, -0.2) is 9.78 Å². The number of imidazole rings is 1. The Kier molecular flexibility index (Phi) is 3.59. The number of nitrogens with zero attached hydrogens (tertiary/aromatic N) is 3. The number of hydrogen-bond acceptors (Lipinski definition) is 5. The number of rotatable bonds is 2. The SMILES string of the molecule is O=c1[nH]c2ncc(N3CCOCC3)cc2n1C1CCNCC1. The first-order chi connectivity index (χ1) is 10.8. The van der Waals surface area contributed by atoms with E-state index in [2.05, 4.69) is 26.3 Å². The fraction of sp³-hybridized carbons (Fsp3) is 0.600. The summed E-state index contributed by atoms with van der Waals surface area (Å²) in [6, 6.07) is 2.34. The summed E-state index contributed by atoms with van der Waals surface area (Å²) < 4.78 is 7.30. The molecule has 0 atom stereocenters. The van der Waals surface area contributed by atoms with Gasteiger partial charge in [-0.05, 0) is 32.0 Å². The summed E-state index contributed by atoms with van der Waals surface area (Å²) in [6.07, 6.45) is 3.81. The van der Waals surface area contributed by atoms with Gasteiger partial charge in [0.1, 0.15) is 0 Å². The van der Waals surface area contributed by atoms with Crippen molar-refractivity contribution in [3.8, 4) is 0 Å². The fourth-order valence-corrected chi connectivity index (χ4v) is 3.42. The Morgan fingerprint density at radius 3 is 2.77 bits per heavy atom. The van der Waals surface area contributed by atoms with Crippen LogP contribution >= 0.6 is 0 Å². The Balaban J connectivity index is 1.75. The van der Waals surface area contributed by atoms with E-state index < -0.39 is 0 Å². The van der Waals surface area contributed by atoms with E-state index in [4.69, 9.17) is 4.74 Å². The number of H-pyrrole nitrogens is 1. The van der Waals surface area contributed by atoms with Gasteiger partial charge in [0.15, 0.2) is 5.65 Å². The summed E-state index contributed by atoms with van der Waals surface area (Å²) in [5.41, 5.74) is 2.62. The highest BCUT2D eigenvalue weighted by Gasteiger charge is 2.21. The minimum absolute atomic E-state index is 0.0477. The molecule has 22 heavy (non-hydrogen) atoms. The predicted octanol–water partition coefficient (Wildman–Crippen LogP) is 0.486. The molecule has 2 N–H and O–H groups in total. The van der Waals surface area contributed by atoms with Crippen molar-refractivity contribution in [3.05, 3.63) is 22.7 Å². The van der Waals surface area contributed by atoms with E-state index in [1.165, 1.54) is 0 Å². The largest absolute Gasteiger partial charge is 0.378 e. The van der Waals surface area contributed by atoms with Crippen LogP contribution in [0.3, 0.4) is 0 Å². The lowest BCUT2D eigenvalue weighted by molar-refractivity contribution is 0.122. The van der Waals surface area contributed by atoms with Gasteiger partial charge in [0.25, 0.3) is 0 Å². The molecule has 2 aliphatic heterocycles. The molecule has 0 spiro atoms. The molecule has 118 valence electrons. The summed E-state index contributed by atoms with van der Waals surface area (Å²) in [7, 11) is 0. The molecular weight excluding hydrogens is 282 g/mol. The Labute approximate surface area is 128 Å². The Bertz CT molecular complexity index is 710. The van der Waals surface area contributed by atoms with Crippen LogP contribution in [-0.2, 0) is 4.74 Å². The number of fused-ring (bicyclic) bond motifs is 1. The van der Waals surface area contributed by atoms with Gasteiger partial charge in [-0.15, -0.1) is 0 Å². The van der Waals surface area contributed by atoms with Crippen molar-refractivity contribution in [1.29, 1.82) is 0 Å². The summed E-state index contributed by atoms with van der Waals surface area (Å²) in [5, 5.41) is 3.34. The van der Waals surface area contributed by atoms with Crippen LogP contribution in [0.4, 0.5) is 5.69 Å². The van der Waals surface area contributed by atoms with Gasteiger partial charge in [-0.2, -0.15) is 0 Å². The summed E-state index contributed by atoms with van der Waals surface area (Å²) in [6.45, 7) is 5.14. The van der Waals surface area contributed by atoms with E-state index in [1.807, 2.05) is 10.8 Å². The molecule has 2 saturated heterocycles. The minimum atomic E-state index is -0.0477. The maximum absolute atomic E-state index is 12.3. The minimum Gasteiger partial charge on any atom is -0.378 e. The Morgan fingerprint density at radius 2 is 2.00 bits per heavy atom. The molecule has 2 fully saturated rings. The van der Waals surface area contributed by atoms with E-state index in [9.17, 15) is 4.79 Å². The Hall–Kier alpha value is -1.86. The molecule has 7 heteroatoms. The average Bonchev–Trinajstić information content (AvgIpc) is 2.91. The third-order valence-electron chi connectivity index (χ3n) is 4.61. The zero-order valence-electron chi connectivity index (χ0n) is 12.5. The van der Waals surface area contributed by atoms with E-state index in [1.54, 1.807) is 0 Å². The molecule has 0 bridgehead atoms. The lowest BCUT2D eigenvalue weighted by Crippen LogP contribution is -2.36. The molecule has 0 aliphatic carbocycles. The topological polar surface area (TPSA) is 75.2 Å². The summed E-state index contributed by atoms with van der Waals surface area (Å²) in [5.74, 6) is 0. The van der Waals surface area contributed by atoms with E-state index in [-0.39, 0.29) is 11.7 Å². The molecule has 2 aromatic rings. The maximum Gasteiger partial charge on any atom is 0.327 e. The van der Waals surface area contributed by atoms with Crippen molar-refractivity contribution in [3.63, 3.8) is 0 Å². The van der Waals surface area contributed by atoms with E-state index in [0.29, 0.717) is 5.65 Å². The zero-order chi connectivity index (χ0) is 14.9. The summed E-state index contributed by atoms with van der Waals surface area (Å²) >= 11 is 0. The van der Waals surface area contributed by atoms with Crippen LogP contribution in [0.2, 0.25) is 0 Å². The van der Waals surface area contributed by atoms with Crippen LogP contribution in [0.5, 0.6) is 0 Å². The highest BCUT2D eigenvalue weighted by molar-refractivity contribution is 5.75. The van der Waals surface area contributed by atoms with Crippen LogP contribution in [0.25, 0.3) is 11.2 Å². The van der Waals surface area contributed by atoms with Crippen molar-refractivity contribution >= 4 is 16.9 Å². The van der Waals surface area contributed by atoms with Gasteiger partial charge in [0.05, 0.1) is 30.6 Å². The zero-order valence-corrected chi connectivity index (χ0v) is 12.5. The van der Waals surface area contributed by atoms with Crippen molar-refractivity contribution in [2.75, 3.05) is 44.3 Å². The number of aromatic amines is 1. The second-order valence-electron chi connectivity index (χ2n) is 5.94. The Morgan fingerprint density at radius 1 is 1.23 bits per heavy atom. The molecule has 0 aromatic carbocycles. The third kappa shape index (κ3) is 2.40. The number of morpholine rings is 1. The number of ether oxygens (including phenoxy) is 1. The van der Waals surface area contributed by atoms with Gasteiger partial charge < -0.3 is 15.0 Å². The predicted molar refractivity (Wildman–Crippen MR) is 84.5 cm³/mol. The van der Waals surface area contributed by atoms with Crippen LogP contribution in [0.1, 0.15) is 18.9 Å². The number of nitrogens with one attached hydrogen (secondary N) is 2.